The summed E-state index contributed by atoms with van der Waals surface area (Å²) < 4.78 is 13.1. The van der Waals surface area contributed by atoms with Gasteiger partial charge in [-0.3, -0.25) is 29.3 Å². The number of allylic oxidation sites excluding steroid dienone is 6. The largest absolute Gasteiger partial charge is 0.512 e. The number of fused-ring (bicyclic) bond motifs is 3. The van der Waals surface area contributed by atoms with Crippen molar-refractivity contribution in [2.45, 2.75) is 69.2 Å². The van der Waals surface area contributed by atoms with Gasteiger partial charge in [0.2, 0.25) is 0 Å². The predicted octanol–water partition coefficient (Wildman–Crippen LogP) is 24.1. The quantitative estimate of drug-likeness (QED) is 0.0653. The summed E-state index contributed by atoms with van der Waals surface area (Å²) in [7, 11) is 0. The van der Waals surface area contributed by atoms with Gasteiger partial charge in [0.25, 0.3) is 0 Å². The van der Waals surface area contributed by atoms with E-state index in [1.807, 2.05) is 43.3 Å². The summed E-state index contributed by atoms with van der Waals surface area (Å²) in [5.41, 5.74) is 19.2. The molecule has 9 nitrogen and oxygen atoms in total. The number of aliphatic hydroxyl groups is 3. The van der Waals surface area contributed by atoms with Crippen LogP contribution in [0.15, 0.2) is 272 Å². The fourth-order valence-electron chi connectivity index (χ4n) is 10.8. The third-order valence-corrected chi connectivity index (χ3v) is 18.3. The van der Waals surface area contributed by atoms with Gasteiger partial charge in [0, 0.05) is 109 Å². The molecule has 0 aliphatic heterocycles. The van der Waals surface area contributed by atoms with Crippen LogP contribution in [-0.4, -0.2) is 47.6 Å². The molecule has 3 radical (unpaired) electrons. The zero-order valence-corrected chi connectivity index (χ0v) is 68.4. The number of aliphatic hydroxyl groups excluding tert-OH is 3. The molecule has 14 aromatic rings. The number of thiophene rings is 3. The van der Waals surface area contributed by atoms with Gasteiger partial charge in [0.05, 0.1) is 17.3 Å². The van der Waals surface area contributed by atoms with Crippen molar-refractivity contribution in [2.75, 3.05) is 0 Å². The first kappa shape index (κ1) is 83.5. The van der Waals surface area contributed by atoms with Crippen molar-refractivity contribution >= 4 is 82.0 Å². The van der Waals surface area contributed by atoms with Gasteiger partial charge in [-0.2, -0.15) is 0 Å². The fraction of sp³-hybridized carbons (Fsp3) is 0.114. The minimum atomic E-state index is -0.217. The number of halogens is 1. The minimum Gasteiger partial charge on any atom is -0.512 e. The van der Waals surface area contributed by atoms with Crippen LogP contribution in [0.5, 0.6) is 0 Å². The van der Waals surface area contributed by atoms with Crippen LogP contribution in [0.25, 0.3) is 118 Å². The van der Waals surface area contributed by atoms with E-state index in [4.69, 9.17) is 30.3 Å². The molecule has 104 heavy (non-hydrogen) atoms. The SMILES string of the molecule is CC(=O)C=C(C)O.CC(=O)C=C(C)O.CC(=O)C=C(C)O.Cc1[c-]c(-c2ccc3cc(-c4ccc(F)cc4)sc3n2)cc(C)c1.Cc1cccc(C)c1-c1cc2ccc(-c3[c-]ccc(-c4ccccc4)c3)nc2s1.[Ir].[Ir].[Ir].[c-]1ccc(-c2ccccc2)cc1-c1ccc2cc(-c3ccccc3)sc2n1. The van der Waals surface area contributed by atoms with Crippen LogP contribution in [0.4, 0.5) is 4.39 Å². The third-order valence-electron chi connectivity index (χ3n) is 15.1. The topological polar surface area (TPSA) is 151 Å². The van der Waals surface area contributed by atoms with Gasteiger partial charge in [-0.05, 0) is 142 Å². The van der Waals surface area contributed by atoms with Crippen LogP contribution in [0.3, 0.4) is 0 Å². The number of carbonyl (C=O) groups is 3. The molecule has 8 aromatic carbocycles. The summed E-state index contributed by atoms with van der Waals surface area (Å²) in [6.45, 7) is 17.0. The zero-order chi connectivity index (χ0) is 72.1. The molecule has 0 amide bonds. The molecule has 0 bridgehead atoms. The van der Waals surface area contributed by atoms with Crippen molar-refractivity contribution in [2.24, 2.45) is 0 Å². The first-order valence-corrected chi connectivity index (χ1v) is 34.9. The maximum atomic E-state index is 13.1. The summed E-state index contributed by atoms with van der Waals surface area (Å²) in [5.74, 6) is -0.405. The van der Waals surface area contributed by atoms with Crippen LogP contribution in [-0.2, 0) is 74.7 Å². The van der Waals surface area contributed by atoms with E-state index >= 15 is 0 Å². The van der Waals surface area contributed by atoms with Crippen LogP contribution < -0.4 is 0 Å². The normalized spacial score (nSPS) is 10.8. The number of hydrogen-bond donors (Lipinski definition) is 3. The Labute approximate surface area is 660 Å². The molecule has 6 heterocycles. The Balaban J connectivity index is 0.000000213. The summed E-state index contributed by atoms with van der Waals surface area (Å²) in [5, 5.41) is 28.6. The zero-order valence-electron chi connectivity index (χ0n) is 58.8. The van der Waals surface area contributed by atoms with E-state index in [9.17, 15) is 18.8 Å². The Hall–Kier alpha value is -9.40. The molecule has 0 unspecified atom stereocenters. The number of rotatable bonds is 11. The van der Waals surface area contributed by atoms with E-state index in [0.717, 1.165) is 69.7 Å². The van der Waals surface area contributed by atoms with E-state index in [-0.39, 0.29) is 101 Å². The van der Waals surface area contributed by atoms with Crippen molar-refractivity contribution in [3.8, 4) is 87.3 Å². The molecule has 0 atom stereocenters. The van der Waals surface area contributed by atoms with Gasteiger partial charge in [-0.25, -0.2) is 4.39 Å². The number of benzene rings is 8. The maximum absolute atomic E-state index is 13.1. The summed E-state index contributed by atoms with van der Waals surface area (Å²) >= 11 is 5.12. The number of hydrogen-bond acceptors (Lipinski definition) is 12. The molecular formula is C88H75FIr3N3O6S3-3. The molecule has 0 spiro atoms. The second-order valence-electron chi connectivity index (χ2n) is 23.9. The van der Waals surface area contributed by atoms with Crippen molar-refractivity contribution in [1.29, 1.82) is 0 Å². The first-order chi connectivity index (χ1) is 48.5. The van der Waals surface area contributed by atoms with Crippen molar-refractivity contribution in [3.63, 3.8) is 0 Å². The summed E-state index contributed by atoms with van der Waals surface area (Å²) in [6.07, 6.45) is 3.50. The molecule has 533 valence electrons. The minimum absolute atomic E-state index is 0. The smallest absolute Gasteiger partial charge is 0.155 e. The van der Waals surface area contributed by atoms with Gasteiger partial charge < -0.3 is 15.3 Å². The summed E-state index contributed by atoms with van der Waals surface area (Å²) in [4.78, 5) is 51.5. The standard InChI is InChI=1S/C27H20NS.C25H16NS.C21H15FNS.3C5H8O2.3Ir/c1-18-8-6-9-19(2)26(18)25-17-23-14-15-24(28-27(23)29-25)22-13-7-12-21(16-22)20-10-4-3-5-11-20;1-3-8-18(9-4-1)20-12-7-13-21(16-20)23-15-14-22-17-24(27-25(22)26-23)19-10-5-2-6-11-19;1-13-9-14(2)11-17(10-13)19-8-5-16-12-20(24-21(16)23-19)15-3-6-18(22)7-4-15;3*1-4(6)3-5(2)7;;;/h3-12,14-17H,1-2H3;1-12,14-17H;3-10,12H,1-2H3;3*3,6H,1-2H3;;;/q3*-1;;;;;;. The van der Waals surface area contributed by atoms with Gasteiger partial charge in [-0.15, -0.1) is 140 Å². The molecule has 6 aromatic heterocycles. The fourth-order valence-corrected chi connectivity index (χ4v) is 14.1. The van der Waals surface area contributed by atoms with Gasteiger partial charge in [-0.1, -0.05) is 172 Å². The molecular weight excluding hydrogens is 1890 g/mol. The van der Waals surface area contributed by atoms with Crippen LogP contribution >= 0.6 is 34.0 Å². The maximum Gasteiger partial charge on any atom is 0.155 e. The molecule has 0 aliphatic carbocycles. The first-order valence-electron chi connectivity index (χ1n) is 32.4. The number of carbonyl (C=O) groups excluding carboxylic acids is 3. The van der Waals surface area contributed by atoms with E-state index in [2.05, 4.69) is 215 Å². The predicted molar refractivity (Wildman–Crippen MR) is 419 cm³/mol. The molecule has 0 fully saturated rings. The number of aryl methyl sites for hydroxylation is 4. The molecule has 14 rings (SSSR count). The second kappa shape index (κ2) is 40.6. The Morgan fingerprint density at radius 1 is 0.375 bits per heavy atom. The van der Waals surface area contributed by atoms with Crippen LogP contribution in [0, 0.1) is 51.7 Å². The van der Waals surface area contributed by atoms with Gasteiger partial charge in [0.15, 0.2) is 17.3 Å². The van der Waals surface area contributed by atoms with Crippen LogP contribution in [0.2, 0.25) is 0 Å². The van der Waals surface area contributed by atoms with Gasteiger partial charge in [0.1, 0.15) is 20.3 Å². The molecule has 3 N–H and O–H groups in total. The Bertz CT molecular complexity index is 5190. The molecule has 0 saturated heterocycles. The van der Waals surface area contributed by atoms with Crippen molar-refractivity contribution in [3.05, 3.63) is 318 Å². The molecule has 0 saturated carbocycles. The average Bonchev–Trinajstić information content (AvgIpc) is 1.64. The number of aromatic nitrogens is 3. The van der Waals surface area contributed by atoms with E-state index in [0.29, 0.717) is 0 Å². The monoisotopic (exact) mass is 1960 g/mol. The Morgan fingerprint density at radius 3 is 1.10 bits per heavy atom. The summed E-state index contributed by atoms with van der Waals surface area (Å²) in [6, 6.07) is 90.4. The number of nitrogens with zero attached hydrogens (tertiary/aromatic N) is 3. The molecule has 0 aliphatic rings. The van der Waals surface area contributed by atoms with E-state index in [1.165, 1.54) is 143 Å². The third kappa shape index (κ3) is 24.6. The van der Waals surface area contributed by atoms with Crippen molar-refractivity contribution in [1.82, 2.24) is 15.0 Å². The van der Waals surface area contributed by atoms with E-state index in [1.54, 1.807) is 46.1 Å². The Morgan fingerprint density at radius 2 is 0.731 bits per heavy atom. The van der Waals surface area contributed by atoms with Gasteiger partial charge >= 0.3 is 0 Å². The molecule has 16 heteroatoms. The number of pyridine rings is 3. The average molecular weight is 1960 g/mol. The van der Waals surface area contributed by atoms with Crippen molar-refractivity contribution < 1.29 is 94.4 Å². The van der Waals surface area contributed by atoms with Crippen LogP contribution in [0.1, 0.15) is 63.8 Å². The second-order valence-corrected chi connectivity index (χ2v) is 27.0. The Kier molecular flexibility index (Phi) is 32.6. The van der Waals surface area contributed by atoms with E-state index < -0.39 is 0 Å². The number of ketones is 3.